The van der Waals surface area contributed by atoms with Crippen molar-refractivity contribution in [2.45, 2.75) is 13.8 Å². The Bertz CT molecular complexity index is 485. The van der Waals surface area contributed by atoms with Gasteiger partial charge in [0.2, 0.25) is 0 Å². The van der Waals surface area contributed by atoms with E-state index in [-0.39, 0.29) is 0 Å². The molecule has 78 valence electrons. The van der Waals surface area contributed by atoms with Crippen LogP contribution < -0.4 is 11.5 Å². The summed E-state index contributed by atoms with van der Waals surface area (Å²) in [5, 5.41) is 3.87. The van der Waals surface area contributed by atoms with Crippen molar-refractivity contribution in [1.29, 1.82) is 0 Å². The number of hydrogen-bond acceptors (Lipinski definition) is 5. The first-order chi connectivity index (χ1) is 7.09. The zero-order valence-electron chi connectivity index (χ0n) is 8.61. The summed E-state index contributed by atoms with van der Waals surface area (Å²) in [5.41, 5.74) is 14.3. The van der Waals surface area contributed by atoms with Crippen molar-refractivity contribution in [3.05, 3.63) is 23.7 Å². The van der Waals surface area contributed by atoms with Gasteiger partial charge in [-0.15, -0.1) is 0 Å². The maximum atomic E-state index is 5.69. The van der Waals surface area contributed by atoms with Crippen LogP contribution in [0.1, 0.15) is 11.5 Å². The van der Waals surface area contributed by atoms with E-state index in [2.05, 4.69) is 10.1 Å². The predicted octanol–water partition coefficient (Wildman–Crippen LogP) is 1.52. The van der Waals surface area contributed by atoms with Crippen molar-refractivity contribution >= 4 is 11.5 Å². The molecule has 0 aliphatic heterocycles. The van der Waals surface area contributed by atoms with Crippen LogP contribution in [0.4, 0.5) is 11.5 Å². The fourth-order valence-electron chi connectivity index (χ4n) is 1.52. The number of nitrogens with zero attached hydrogens (tertiary/aromatic N) is 2. The summed E-state index contributed by atoms with van der Waals surface area (Å²) in [4.78, 5) is 4.00. The van der Waals surface area contributed by atoms with Crippen LogP contribution in [0.3, 0.4) is 0 Å². The van der Waals surface area contributed by atoms with Crippen LogP contribution in [-0.4, -0.2) is 10.1 Å². The van der Waals surface area contributed by atoms with Gasteiger partial charge in [0.15, 0.2) is 0 Å². The molecule has 0 spiro atoms. The first-order valence-corrected chi connectivity index (χ1v) is 4.54. The Labute approximate surface area is 87.1 Å². The van der Waals surface area contributed by atoms with E-state index < -0.39 is 0 Å². The van der Waals surface area contributed by atoms with Gasteiger partial charge in [-0.1, -0.05) is 5.16 Å². The van der Waals surface area contributed by atoms with Gasteiger partial charge in [0, 0.05) is 17.3 Å². The topological polar surface area (TPSA) is 91.0 Å². The summed E-state index contributed by atoms with van der Waals surface area (Å²) < 4.78 is 5.07. The average Bonchev–Trinajstić information content (AvgIpc) is 2.52. The zero-order valence-corrected chi connectivity index (χ0v) is 8.61. The van der Waals surface area contributed by atoms with E-state index in [1.807, 2.05) is 13.8 Å². The molecule has 2 aromatic rings. The van der Waals surface area contributed by atoms with Crippen LogP contribution in [0.15, 0.2) is 16.8 Å². The third-order valence-corrected chi connectivity index (χ3v) is 2.27. The fraction of sp³-hybridized carbons (Fsp3) is 0.200. The molecule has 0 unspecified atom stereocenters. The molecule has 0 amide bonds. The zero-order chi connectivity index (χ0) is 11.0. The Hall–Kier alpha value is -2.04. The molecule has 2 rings (SSSR count). The Morgan fingerprint density at radius 3 is 2.53 bits per heavy atom. The van der Waals surface area contributed by atoms with Gasteiger partial charge in [0.05, 0.1) is 11.4 Å². The van der Waals surface area contributed by atoms with Crippen molar-refractivity contribution < 1.29 is 4.52 Å². The number of aromatic nitrogens is 2. The second-order valence-corrected chi connectivity index (χ2v) is 3.40. The highest BCUT2D eigenvalue weighted by Gasteiger charge is 2.12. The van der Waals surface area contributed by atoms with Crippen LogP contribution >= 0.6 is 0 Å². The van der Waals surface area contributed by atoms with E-state index in [0.29, 0.717) is 11.5 Å². The summed E-state index contributed by atoms with van der Waals surface area (Å²) in [6.07, 6.45) is 1.66. The summed E-state index contributed by atoms with van der Waals surface area (Å²) in [5.74, 6) is 1.09. The molecular weight excluding hydrogens is 192 g/mol. The Balaban J connectivity index is 2.59. The lowest BCUT2D eigenvalue weighted by Crippen LogP contribution is -1.98. The van der Waals surface area contributed by atoms with Crippen molar-refractivity contribution in [3.8, 4) is 11.1 Å². The first kappa shape index (κ1) is 9.51. The molecule has 2 heterocycles. The van der Waals surface area contributed by atoms with Crippen LogP contribution in [0, 0.1) is 13.8 Å². The van der Waals surface area contributed by atoms with Crippen molar-refractivity contribution in [2.75, 3.05) is 11.5 Å². The molecule has 2 aromatic heterocycles. The van der Waals surface area contributed by atoms with E-state index >= 15 is 0 Å². The molecule has 0 saturated heterocycles. The molecule has 5 nitrogen and oxygen atoms in total. The molecule has 0 bridgehead atoms. The van der Waals surface area contributed by atoms with Gasteiger partial charge < -0.3 is 16.0 Å². The number of hydrogen-bond donors (Lipinski definition) is 2. The molecule has 0 atom stereocenters. The van der Waals surface area contributed by atoms with Gasteiger partial charge in [-0.05, 0) is 19.9 Å². The smallest absolute Gasteiger partial charge is 0.146 e. The van der Waals surface area contributed by atoms with Gasteiger partial charge in [0.1, 0.15) is 11.6 Å². The quantitative estimate of drug-likeness (QED) is 0.734. The number of aryl methyl sites for hydroxylation is 2. The number of nitrogens with two attached hydrogens (primary N) is 2. The molecule has 5 heteroatoms. The fourth-order valence-corrected chi connectivity index (χ4v) is 1.52. The van der Waals surface area contributed by atoms with Crippen LogP contribution in [0.5, 0.6) is 0 Å². The normalized spacial score (nSPS) is 10.5. The Morgan fingerprint density at radius 1 is 1.27 bits per heavy atom. The molecule has 15 heavy (non-hydrogen) atoms. The lowest BCUT2D eigenvalue weighted by molar-refractivity contribution is 0.393. The molecular formula is C10H12N4O. The van der Waals surface area contributed by atoms with Crippen molar-refractivity contribution in [3.63, 3.8) is 0 Å². The third-order valence-electron chi connectivity index (χ3n) is 2.27. The molecule has 0 radical (unpaired) electrons. The van der Waals surface area contributed by atoms with Gasteiger partial charge >= 0.3 is 0 Å². The summed E-state index contributed by atoms with van der Waals surface area (Å²) in [6.45, 7) is 3.72. The SMILES string of the molecule is Cc1noc(C)c1-c1cnc(N)c(N)c1. The molecule has 0 aliphatic rings. The number of pyridine rings is 1. The second-order valence-electron chi connectivity index (χ2n) is 3.40. The summed E-state index contributed by atoms with van der Waals surface area (Å²) >= 11 is 0. The standard InChI is InChI=1S/C10H12N4O/c1-5-9(6(2)15-14-5)7-3-8(11)10(12)13-4-7/h3-4H,11H2,1-2H3,(H2,12,13). The minimum absolute atomic E-state index is 0.338. The minimum Gasteiger partial charge on any atom is -0.396 e. The van der Waals surface area contributed by atoms with E-state index in [9.17, 15) is 0 Å². The first-order valence-electron chi connectivity index (χ1n) is 4.54. The van der Waals surface area contributed by atoms with Crippen LogP contribution in [0.25, 0.3) is 11.1 Å². The van der Waals surface area contributed by atoms with Gasteiger partial charge in [-0.25, -0.2) is 4.98 Å². The highest BCUT2D eigenvalue weighted by atomic mass is 16.5. The largest absolute Gasteiger partial charge is 0.396 e. The lowest BCUT2D eigenvalue weighted by atomic mass is 10.1. The van der Waals surface area contributed by atoms with Gasteiger partial charge in [-0.2, -0.15) is 0 Å². The number of rotatable bonds is 1. The average molecular weight is 204 g/mol. The number of anilines is 2. The van der Waals surface area contributed by atoms with Gasteiger partial charge in [-0.3, -0.25) is 0 Å². The van der Waals surface area contributed by atoms with Crippen molar-refractivity contribution in [2.24, 2.45) is 0 Å². The van der Waals surface area contributed by atoms with E-state index in [0.717, 1.165) is 22.6 Å². The highest BCUT2D eigenvalue weighted by Crippen LogP contribution is 2.28. The highest BCUT2D eigenvalue weighted by molar-refractivity contribution is 5.73. The number of nitrogen functional groups attached to an aromatic ring is 2. The molecule has 0 saturated carbocycles. The van der Waals surface area contributed by atoms with Crippen LogP contribution in [0.2, 0.25) is 0 Å². The maximum absolute atomic E-state index is 5.69. The van der Waals surface area contributed by atoms with E-state index in [1.165, 1.54) is 0 Å². The Morgan fingerprint density at radius 2 is 2.00 bits per heavy atom. The van der Waals surface area contributed by atoms with Crippen LogP contribution in [-0.2, 0) is 0 Å². The summed E-state index contributed by atoms with van der Waals surface area (Å²) in [7, 11) is 0. The minimum atomic E-state index is 0.338. The molecule has 0 aliphatic carbocycles. The molecule has 4 N–H and O–H groups in total. The Kier molecular flexibility index (Phi) is 2.07. The maximum Gasteiger partial charge on any atom is 0.146 e. The van der Waals surface area contributed by atoms with Crippen molar-refractivity contribution in [1.82, 2.24) is 10.1 Å². The van der Waals surface area contributed by atoms with Gasteiger partial charge in [0.25, 0.3) is 0 Å². The predicted molar refractivity (Wildman–Crippen MR) is 58.0 cm³/mol. The van der Waals surface area contributed by atoms with E-state index in [4.69, 9.17) is 16.0 Å². The lowest BCUT2D eigenvalue weighted by Gasteiger charge is -2.03. The molecule has 0 aromatic carbocycles. The molecule has 0 fully saturated rings. The summed E-state index contributed by atoms with van der Waals surface area (Å²) in [6, 6.07) is 1.77. The second kappa shape index (κ2) is 3.27. The monoisotopic (exact) mass is 204 g/mol. The third kappa shape index (κ3) is 1.52. The van der Waals surface area contributed by atoms with E-state index in [1.54, 1.807) is 12.3 Å².